The minimum absolute atomic E-state index is 0.0430. The van der Waals surface area contributed by atoms with E-state index in [0.717, 1.165) is 21.2 Å². The van der Waals surface area contributed by atoms with Gasteiger partial charge in [0.05, 0.1) is 6.61 Å². The predicted octanol–water partition coefficient (Wildman–Crippen LogP) is 2.90. The first kappa shape index (κ1) is 12.0. The quantitative estimate of drug-likeness (QED) is 0.746. The summed E-state index contributed by atoms with van der Waals surface area (Å²) in [5.74, 6) is 0.218. The Balaban J connectivity index is 2.55. The van der Waals surface area contributed by atoms with Gasteiger partial charge in [-0.25, -0.2) is 0 Å². The van der Waals surface area contributed by atoms with E-state index in [4.69, 9.17) is 10.8 Å². The maximum Gasteiger partial charge on any atom is 0.115 e. The molecule has 0 aromatic heterocycles. The van der Waals surface area contributed by atoms with E-state index in [2.05, 4.69) is 15.9 Å². The fourth-order valence-corrected chi connectivity index (χ4v) is 2.46. The fraction of sp³-hybridized carbons (Fsp3) is 0.0769. The molecule has 0 spiro atoms. The van der Waals surface area contributed by atoms with Crippen LogP contribution in [-0.2, 0) is 6.61 Å². The van der Waals surface area contributed by atoms with Crippen molar-refractivity contribution < 1.29 is 10.2 Å². The molecule has 3 nitrogen and oxygen atoms in total. The van der Waals surface area contributed by atoms with Gasteiger partial charge in [0.15, 0.2) is 0 Å². The number of aliphatic hydroxyl groups excluding tert-OH is 1. The van der Waals surface area contributed by atoms with Crippen molar-refractivity contribution in [1.82, 2.24) is 0 Å². The summed E-state index contributed by atoms with van der Waals surface area (Å²) >= 11 is 3.44. The molecule has 4 heteroatoms. The lowest BCUT2D eigenvalue weighted by Crippen LogP contribution is -1.94. The first-order valence-electron chi connectivity index (χ1n) is 5.10. The van der Waals surface area contributed by atoms with Crippen LogP contribution in [0.4, 0.5) is 5.69 Å². The highest BCUT2D eigenvalue weighted by molar-refractivity contribution is 9.10. The van der Waals surface area contributed by atoms with E-state index in [9.17, 15) is 5.11 Å². The smallest absolute Gasteiger partial charge is 0.115 e. The molecule has 0 atom stereocenters. The molecule has 0 amide bonds. The van der Waals surface area contributed by atoms with Crippen molar-refractivity contribution in [3.63, 3.8) is 0 Å². The van der Waals surface area contributed by atoms with Crippen molar-refractivity contribution in [3.05, 3.63) is 46.4 Å². The standard InChI is InChI=1S/C13H12BrNO2/c14-11-5-8(7-16)6-12(15)13(11)9-1-3-10(17)4-2-9/h1-6,16-17H,7,15H2. The van der Waals surface area contributed by atoms with Crippen molar-refractivity contribution in [2.24, 2.45) is 0 Å². The van der Waals surface area contributed by atoms with E-state index < -0.39 is 0 Å². The van der Waals surface area contributed by atoms with E-state index in [1.54, 1.807) is 30.3 Å². The zero-order valence-corrected chi connectivity index (χ0v) is 10.6. The van der Waals surface area contributed by atoms with Crippen molar-refractivity contribution in [2.75, 3.05) is 5.73 Å². The number of phenolic OH excluding ortho intramolecular Hbond substituents is 1. The molecule has 4 N–H and O–H groups in total. The second-order valence-corrected chi connectivity index (χ2v) is 4.60. The summed E-state index contributed by atoms with van der Waals surface area (Å²) in [6.45, 7) is -0.0430. The summed E-state index contributed by atoms with van der Waals surface area (Å²) in [7, 11) is 0. The Morgan fingerprint density at radius 2 is 1.76 bits per heavy atom. The van der Waals surface area contributed by atoms with Gasteiger partial charge >= 0.3 is 0 Å². The lowest BCUT2D eigenvalue weighted by Gasteiger charge is -2.10. The summed E-state index contributed by atoms with van der Waals surface area (Å²) in [6.07, 6.45) is 0. The number of nitrogens with two attached hydrogens (primary N) is 1. The van der Waals surface area contributed by atoms with Crippen LogP contribution in [0.5, 0.6) is 5.75 Å². The first-order chi connectivity index (χ1) is 8.11. The highest BCUT2D eigenvalue weighted by Crippen LogP contribution is 2.35. The first-order valence-corrected chi connectivity index (χ1v) is 5.89. The van der Waals surface area contributed by atoms with Crippen molar-refractivity contribution in [1.29, 1.82) is 0 Å². The number of rotatable bonds is 2. The Labute approximate surface area is 108 Å². The molecule has 0 aliphatic rings. The van der Waals surface area contributed by atoms with Crippen molar-refractivity contribution >= 4 is 21.6 Å². The number of aliphatic hydroxyl groups is 1. The van der Waals surface area contributed by atoms with E-state index in [-0.39, 0.29) is 12.4 Å². The van der Waals surface area contributed by atoms with Crippen LogP contribution in [0.25, 0.3) is 11.1 Å². The number of nitrogen functional groups attached to an aromatic ring is 1. The van der Waals surface area contributed by atoms with Crippen LogP contribution in [0.15, 0.2) is 40.9 Å². The normalized spacial score (nSPS) is 10.5. The largest absolute Gasteiger partial charge is 0.508 e. The molecule has 2 rings (SSSR count). The van der Waals surface area contributed by atoms with Gasteiger partial charge in [-0.15, -0.1) is 0 Å². The maximum atomic E-state index is 9.25. The number of hydrogen-bond donors (Lipinski definition) is 3. The van der Waals surface area contributed by atoms with Gasteiger partial charge in [-0.2, -0.15) is 0 Å². The summed E-state index contributed by atoms with van der Waals surface area (Å²) < 4.78 is 0.826. The zero-order valence-electron chi connectivity index (χ0n) is 9.02. The van der Waals surface area contributed by atoms with E-state index in [1.807, 2.05) is 6.07 Å². The molecular weight excluding hydrogens is 282 g/mol. The molecule has 17 heavy (non-hydrogen) atoms. The Hall–Kier alpha value is -1.52. The summed E-state index contributed by atoms with van der Waals surface area (Å²) in [6, 6.07) is 10.4. The molecular formula is C13H12BrNO2. The summed E-state index contributed by atoms with van der Waals surface area (Å²) in [5, 5.41) is 18.3. The number of anilines is 1. The van der Waals surface area contributed by atoms with E-state index >= 15 is 0 Å². The number of hydrogen-bond acceptors (Lipinski definition) is 3. The lowest BCUT2D eigenvalue weighted by atomic mass is 10.0. The Kier molecular flexibility index (Phi) is 3.36. The minimum atomic E-state index is -0.0430. The van der Waals surface area contributed by atoms with Crippen LogP contribution >= 0.6 is 15.9 Å². The van der Waals surface area contributed by atoms with Crippen molar-refractivity contribution in [2.45, 2.75) is 6.61 Å². The number of aromatic hydroxyl groups is 1. The highest BCUT2D eigenvalue weighted by atomic mass is 79.9. The third-order valence-corrected chi connectivity index (χ3v) is 3.14. The molecule has 0 radical (unpaired) electrons. The Morgan fingerprint density at radius 3 is 2.29 bits per heavy atom. The third-order valence-electron chi connectivity index (χ3n) is 2.52. The second-order valence-electron chi connectivity index (χ2n) is 3.75. The van der Waals surface area contributed by atoms with Gasteiger partial charge in [-0.1, -0.05) is 28.1 Å². The molecule has 0 aliphatic heterocycles. The number of halogens is 1. The van der Waals surface area contributed by atoms with Crippen LogP contribution in [-0.4, -0.2) is 10.2 Å². The zero-order chi connectivity index (χ0) is 12.4. The molecule has 2 aromatic carbocycles. The number of phenols is 1. The Morgan fingerprint density at radius 1 is 1.12 bits per heavy atom. The fourth-order valence-electron chi connectivity index (χ4n) is 1.71. The average molecular weight is 294 g/mol. The molecule has 88 valence electrons. The van der Waals surface area contributed by atoms with E-state index in [0.29, 0.717) is 5.69 Å². The average Bonchev–Trinajstić information content (AvgIpc) is 2.30. The van der Waals surface area contributed by atoms with Gasteiger partial charge < -0.3 is 15.9 Å². The molecule has 0 aliphatic carbocycles. The third kappa shape index (κ3) is 2.43. The molecule has 0 unspecified atom stereocenters. The topological polar surface area (TPSA) is 66.5 Å². The van der Waals surface area contributed by atoms with Gasteiger partial charge in [0.1, 0.15) is 5.75 Å². The SMILES string of the molecule is Nc1cc(CO)cc(Br)c1-c1ccc(O)cc1. The van der Waals surface area contributed by atoms with Gasteiger partial charge in [0, 0.05) is 15.7 Å². The Bertz CT molecular complexity index is 515. The molecule has 0 saturated heterocycles. The van der Waals surface area contributed by atoms with Crippen LogP contribution in [0.2, 0.25) is 0 Å². The van der Waals surface area contributed by atoms with Crippen LogP contribution < -0.4 is 5.73 Å². The van der Waals surface area contributed by atoms with Crippen LogP contribution in [0.1, 0.15) is 5.56 Å². The highest BCUT2D eigenvalue weighted by Gasteiger charge is 2.09. The van der Waals surface area contributed by atoms with Gasteiger partial charge in [0.25, 0.3) is 0 Å². The van der Waals surface area contributed by atoms with Gasteiger partial charge in [0.2, 0.25) is 0 Å². The second kappa shape index (κ2) is 4.77. The van der Waals surface area contributed by atoms with Gasteiger partial charge in [-0.3, -0.25) is 0 Å². The number of benzene rings is 2. The minimum Gasteiger partial charge on any atom is -0.508 e. The molecule has 0 heterocycles. The lowest BCUT2D eigenvalue weighted by molar-refractivity contribution is 0.282. The predicted molar refractivity (Wildman–Crippen MR) is 71.6 cm³/mol. The molecule has 2 aromatic rings. The molecule has 0 saturated carbocycles. The van der Waals surface area contributed by atoms with Crippen molar-refractivity contribution in [3.8, 4) is 16.9 Å². The van der Waals surface area contributed by atoms with Crippen LogP contribution in [0, 0.1) is 0 Å². The molecule has 0 fully saturated rings. The maximum absolute atomic E-state index is 9.25. The monoisotopic (exact) mass is 293 g/mol. The van der Waals surface area contributed by atoms with E-state index in [1.165, 1.54) is 0 Å². The molecule has 0 bridgehead atoms. The summed E-state index contributed by atoms with van der Waals surface area (Å²) in [4.78, 5) is 0. The van der Waals surface area contributed by atoms with Crippen LogP contribution in [0.3, 0.4) is 0 Å². The van der Waals surface area contributed by atoms with Gasteiger partial charge in [-0.05, 0) is 35.4 Å². The summed E-state index contributed by atoms with van der Waals surface area (Å²) in [5.41, 5.74) is 9.09.